The summed E-state index contributed by atoms with van der Waals surface area (Å²) >= 11 is 0. The number of nitrogens with one attached hydrogen (secondary N) is 1. The molecular formula is C24H26N6O4. The fourth-order valence-electron chi connectivity index (χ4n) is 4.94. The SMILES string of the molecule is O=C(Nc1cc2c(cc1N1CCOCC1)C(=O)N(CC1CCOC1)C2)c1cnn2cccnc12. The lowest BCUT2D eigenvalue weighted by atomic mass is 10.1. The van der Waals surface area contributed by atoms with Gasteiger partial charge < -0.3 is 24.6 Å². The first-order valence-electron chi connectivity index (χ1n) is 11.6. The summed E-state index contributed by atoms with van der Waals surface area (Å²) in [6.45, 7) is 5.28. The number of aromatic nitrogens is 3. The van der Waals surface area contributed by atoms with Crippen molar-refractivity contribution in [1.82, 2.24) is 19.5 Å². The standard InChI is InChI=1S/C24H26N6O4/c31-23(19-12-26-30-4-1-3-25-22(19)30)27-20-10-17-14-29(13-16-2-7-34-15-16)24(32)18(17)11-21(20)28-5-8-33-9-6-28/h1,3-4,10-12,16H,2,5-9,13-15H2,(H,27,31). The van der Waals surface area contributed by atoms with E-state index < -0.39 is 0 Å². The fraction of sp³-hybridized carbons (Fsp3) is 0.417. The lowest BCUT2D eigenvalue weighted by Crippen LogP contribution is -2.37. The van der Waals surface area contributed by atoms with Gasteiger partial charge in [-0.1, -0.05) is 0 Å². The van der Waals surface area contributed by atoms with Gasteiger partial charge >= 0.3 is 0 Å². The molecule has 0 saturated carbocycles. The van der Waals surface area contributed by atoms with Crippen LogP contribution < -0.4 is 10.2 Å². The minimum Gasteiger partial charge on any atom is -0.381 e. The zero-order valence-corrected chi connectivity index (χ0v) is 18.8. The van der Waals surface area contributed by atoms with Crippen LogP contribution in [-0.4, -0.2) is 77.4 Å². The summed E-state index contributed by atoms with van der Waals surface area (Å²) in [7, 11) is 0. The van der Waals surface area contributed by atoms with Gasteiger partial charge in [-0.15, -0.1) is 0 Å². The monoisotopic (exact) mass is 462 g/mol. The Morgan fingerprint density at radius 2 is 2.06 bits per heavy atom. The Kier molecular flexibility index (Phi) is 5.39. The maximum atomic E-state index is 13.2. The van der Waals surface area contributed by atoms with Crippen molar-refractivity contribution in [2.24, 2.45) is 5.92 Å². The summed E-state index contributed by atoms with van der Waals surface area (Å²) in [5, 5.41) is 7.30. The lowest BCUT2D eigenvalue weighted by Gasteiger charge is -2.31. The zero-order chi connectivity index (χ0) is 23.1. The number of hydrogen-bond acceptors (Lipinski definition) is 7. The molecule has 2 amide bonds. The van der Waals surface area contributed by atoms with E-state index in [0.717, 1.165) is 24.3 Å². The number of rotatable bonds is 5. The average molecular weight is 463 g/mol. The van der Waals surface area contributed by atoms with E-state index in [1.807, 2.05) is 17.0 Å². The van der Waals surface area contributed by atoms with Crippen LogP contribution in [0.3, 0.4) is 0 Å². The number of nitrogens with zero attached hydrogens (tertiary/aromatic N) is 5. The first-order valence-corrected chi connectivity index (χ1v) is 11.6. The molecule has 176 valence electrons. The molecule has 0 radical (unpaired) electrons. The Labute approximate surface area is 196 Å². The van der Waals surface area contributed by atoms with Gasteiger partial charge in [0, 0.05) is 56.7 Å². The summed E-state index contributed by atoms with van der Waals surface area (Å²) in [6, 6.07) is 5.64. The minimum absolute atomic E-state index is 0.0427. The highest BCUT2D eigenvalue weighted by molar-refractivity contribution is 6.10. The first-order chi connectivity index (χ1) is 16.7. The van der Waals surface area contributed by atoms with Crippen molar-refractivity contribution in [3.63, 3.8) is 0 Å². The molecule has 3 aliphatic rings. The zero-order valence-electron chi connectivity index (χ0n) is 18.8. The maximum Gasteiger partial charge on any atom is 0.261 e. The van der Waals surface area contributed by atoms with Crippen molar-refractivity contribution in [2.45, 2.75) is 13.0 Å². The van der Waals surface area contributed by atoms with E-state index in [0.29, 0.717) is 74.4 Å². The number of carbonyl (C=O) groups excluding carboxylic acids is 2. The normalized spacial score (nSPS) is 20.2. The summed E-state index contributed by atoms with van der Waals surface area (Å²) < 4.78 is 12.6. The second kappa shape index (κ2) is 8.69. The van der Waals surface area contributed by atoms with Crippen molar-refractivity contribution < 1.29 is 19.1 Å². The van der Waals surface area contributed by atoms with Gasteiger partial charge in [-0.25, -0.2) is 9.50 Å². The summed E-state index contributed by atoms with van der Waals surface area (Å²) in [5.74, 6) is 0.132. The van der Waals surface area contributed by atoms with Crippen LogP contribution >= 0.6 is 0 Å². The number of hydrogen-bond donors (Lipinski definition) is 1. The van der Waals surface area contributed by atoms with Gasteiger partial charge in [-0.2, -0.15) is 5.10 Å². The van der Waals surface area contributed by atoms with E-state index in [4.69, 9.17) is 9.47 Å². The van der Waals surface area contributed by atoms with Gasteiger partial charge in [0.05, 0.1) is 37.4 Å². The quantitative estimate of drug-likeness (QED) is 0.617. The average Bonchev–Trinajstić information content (AvgIpc) is 3.59. The highest BCUT2D eigenvalue weighted by Gasteiger charge is 2.32. The van der Waals surface area contributed by atoms with E-state index in [-0.39, 0.29) is 11.8 Å². The minimum atomic E-state index is -0.285. The van der Waals surface area contributed by atoms with Crippen LogP contribution in [0, 0.1) is 5.92 Å². The molecule has 10 nitrogen and oxygen atoms in total. The number of fused-ring (bicyclic) bond motifs is 2. The Bertz CT molecular complexity index is 1250. The third-order valence-corrected chi connectivity index (χ3v) is 6.73. The van der Waals surface area contributed by atoms with Gasteiger partial charge in [0.15, 0.2) is 5.65 Å². The van der Waals surface area contributed by atoms with E-state index >= 15 is 0 Å². The van der Waals surface area contributed by atoms with Crippen LogP contribution in [-0.2, 0) is 16.0 Å². The van der Waals surface area contributed by atoms with Crippen LogP contribution in [0.15, 0.2) is 36.8 Å². The van der Waals surface area contributed by atoms with Gasteiger partial charge in [0.1, 0.15) is 5.56 Å². The Hall–Kier alpha value is -3.50. The van der Waals surface area contributed by atoms with Crippen molar-refractivity contribution in [3.05, 3.63) is 53.5 Å². The molecule has 10 heteroatoms. The smallest absolute Gasteiger partial charge is 0.261 e. The number of anilines is 2. The van der Waals surface area contributed by atoms with Gasteiger partial charge in [0.25, 0.3) is 11.8 Å². The van der Waals surface area contributed by atoms with E-state index in [9.17, 15) is 9.59 Å². The molecule has 1 atom stereocenters. The highest BCUT2D eigenvalue weighted by atomic mass is 16.5. The van der Waals surface area contributed by atoms with Gasteiger partial charge in [-0.05, 0) is 30.2 Å². The molecule has 5 heterocycles. The number of carbonyl (C=O) groups is 2. The van der Waals surface area contributed by atoms with Crippen LogP contribution in [0.2, 0.25) is 0 Å². The predicted octanol–water partition coefficient (Wildman–Crippen LogP) is 1.81. The van der Waals surface area contributed by atoms with Crippen LogP contribution in [0.5, 0.6) is 0 Å². The molecule has 2 aromatic heterocycles. The van der Waals surface area contributed by atoms with E-state index in [1.165, 1.54) is 6.20 Å². The highest BCUT2D eigenvalue weighted by Crippen LogP contribution is 2.36. The molecule has 3 aromatic rings. The van der Waals surface area contributed by atoms with Crippen LogP contribution in [0.1, 0.15) is 32.7 Å². The number of ether oxygens (including phenoxy) is 2. The molecule has 0 aliphatic carbocycles. The summed E-state index contributed by atoms with van der Waals surface area (Å²) in [4.78, 5) is 34.8. The Balaban J connectivity index is 1.32. The van der Waals surface area contributed by atoms with Gasteiger partial charge in [-0.3, -0.25) is 9.59 Å². The number of amides is 2. The second-order valence-electron chi connectivity index (χ2n) is 8.94. The molecule has 1 aromatic carbocycles. The molecule has 1 unspecified atom stereocenters. The fourth-order valence-corrected chi connectivity index (χ4v) is 4.94. The lowest BCUT2D eigenvalue weighted by molar-refractivity contribution is 0.0744. The largest absolute Gasteiger partial charge is 0.381 e. The van der Waals surface area contributed by atoms with Crippen molar-refractivity contribution in [2.75, 3.05) is 56.3 Å². The molecule has 0 bridgehead atoms. The van der Waals surface area contributed by atoms with Gasteiger partial charge in [0.2, 0.25) is 0 Å². The molecular weight excluding hydrogens is 436 g/mol. The molecule has 1 N–H and O–H groups in total. The molecule has 0 spiro atoms. The second-order valence-corrected chi connectivity index (χ2v) is 8.94. The van der Waals surface area contributed by atoms with E-state index in [1.54, 1.807) is 23.0 Å². The first kappa shape index (κ1) is 21.1. The number of benzene rings is 1. The summed E-state index contributed by atoms with van der Waals surface area (Å²) in [5.41, 5.74) is 4.03. The maximum absolute atomic E-state index is 13.2. The van der Waals surface area contributed by atoms with Crippen molar-refractivity contribution in [1.29, 1.82) is 0 Å². The molecule has 2 saturated heterocycles. The topological polar surface area (TPSA) is 101 Å². The Morgan fingerprint density at radius 1 is 1.18 bits per heavy atom. The van der Waals surface area contributed by atoms with Crippen LogP contribution in [0.4, 0.5) is 11.4 Å². The van der Waals surface area contributed by atoms with Crippen LogP contribution in [0.25, 0.3) is 5.65 Å². The van der Waals surface area contributed by atoms with Crippen molar-refractivity contribution >= 4 is 28.8 Å². The van der Waals surface area contributed by atoms with Crippen molar-refractivity contribution in [3.8, 4) is 0 Å². The molecule has 2 fully saturated rings. The molecule has 3 aliphatic heterocycles. The molecule has 34 heavy (non-hydrogen) atoms. The molecule has 6 rings (SSSR count). The third kappa shape index (κ3) is 3.78. The predicted molar refractivity (Wildman–Crippen MR) is 124 cm³/mol. The number of morpholine rings is 1. The third-order valence-electron chi connectivity index (χ3n) is 6.73. The van der Waals surface area contributed by atoms with E-state index in [2.05, 4.69) is 20.3 Å². The Morgan fingerprint density at radius 3 is 2.88 bits per heavy atom. The summed E-state index contributed by atoms with van der Waals surface area (Å²) in [6.07, 6.45) is 5.89.